The Morgan fingerprint density at radius 1 is 0.970 bits per heavy atom. The number of rotatable bonds is 6. The number of nitrogens with zero attached hydrogens (tertiary/aromatic N) is 1. The Balaban J connectivity index is 1.27. The molecule has 8 heteroatoms. The first-order valence-corrected chi connectivity index (χ1v) is 11.4. The molecule has 1 aliphatic rings. The molecule has 0 unspecified atom stereocenters. The molecule has 1 aliphatic carbocycles. The summed E-state index contributed by atoms with van der Waals surface area (Å²) in [5, 5.41) is 3.42. The van der Waals surface area contributed by atoms with Gasteiger partial charge in [0.05, 0.1) is 23.4 Å². The van der Waals surface area contributed by atoms with E-state index in [0.717, 1.165) is 16.8 Å². The lowest BCUT2D eigenvalue weighted by Gasteiger charge is -2.18. The van der Waals surface area contributed by atoms with Gasteiger partial charge in [-0.2, -0.15) is 0 Å². The van der Waals surface area contributed by atoms with Crippen molar-refractivity contribution < 1.29 is 19.1 Å². The van der Waals surface area contributed by atoms with Crippen molar-refractivity contribution in [3.63, 3.8) is 0 Å². The van der Waals surface area contributed by atoms with Gasteiger partial charge in [-0.1, -0.05) is 36.0 Å². The van der Waals surface area contributed by atoms with E-state index in [2.05, 4.69) is 15.3 Å². The highest BCUT2D eigenvalue weighted by Gasteiger charge is 2.29. The van der Waals surface area contributed by atoms with E-state index in [9.17, 15) is 14.4 Å². The molecule has 33 heavy (non-hydrogen) atoms. The van der Waals surface area contributed by atoms with Gasteiger partial charge < -0.3 is 15.0 Å². The molecule has 3 aromatic carbocycles. The Labute approximate surface area is 193 Å². The number of imidazole rings is 1. The zero-order valence-corrected chi connectivity index (χ0v) is 18.5. The number of benzene rings is 3. The van der Waals surface area contributed by atoms with Gasteiger partial charge in [-0.25, -0.2) is 4.98 Å². The first kappa shape index (κ1) is 21.0. The number of hydrogen-bond donors (Lipinski definition) is 2. The molecule has 2 N–H and O–H groups in total. The molecule has 5 rings (SSSR count). The minimum absolute atomic E-state index is 0.130. The topological polar surface area (TPSA) is 101 Å². The number of carbonyl (C=O) groups is 3. The van der Waals surface area contributed by atoms with E-state index in [4.69, 9.17) is 4.74 Å². The van der Waals surface area contributed by atoms with Crippen LogP contribution >= 0.6 is 11.8 Å². The van der Waals surface area contributed by atoms with Gasteiger partial charge in [-0.05, 0) is 37.3 Å². The number of anilines is 1. The number of aromatic nitrogens is 2. The van der Waals surface area contributed by atoms with Gasteiger partial charge in [-0.3, -0.25) is 14.4 Å². The maximum absolute atomic E-state index is 12.9. The van der Waals surface area contributed by atoms with Crippen LogP contribution in [0.15, 0.2) is 65.8 Å². The van der Waals surface area contributed by atoms with Crippen LogP contribution in [0, 0.1) is 0 Å². The summed E-state index contributed by atoms with van der Waals surface area (Å²) in [6.45, 7) is 2.50. The van der Waals surface area contributed by atoms with Crippen molar-refractivity contribution in [2.45, 2.75) is 12.1 Å². The van der Waals surface area contributed by atoms with Crippen molar-refractivity contribution in [2.24, 2.45) is 0 Å². The van der Waals surface area contributed by atoms with Crippen LogP contribution < -0.4 is 10.1 Å². The van der Waals surface area contributed by atoms with Crippen LogP contribution in [0.4, 0.5) is 5.69 Å². The summed E-state index contributed by atoms with van der Waals surface area (Å²) in [5.41, 5.74) is 3.52. The van der Waals surface area contributed by atoms with Crippen LogP contribution in [-0.4, -0.2) is 39.8 Å². The lowest BCUT2D eigenvalue weighted by molar-refractivity contribution is -0.113. The summed E-state index contributed by atoms with van der Waals surface area (Å²) in [4.78, 5) is 45.8. The van der Waals surface area contributed by atoms with Gasteiger partial charge in [0.1, 0.15) is 5.75 Å². The number of nitrogens with one attached hydrogen (secondary N) is 2. The fraction of sp³-hybridized carbons (Fsp3) is 0.120. The lowest BCUT2D eigenvalue weighted by Crippen LogP contribution is -2.21. The number of fused-ring (bicyclic) bond motifs is 3. The Kier molecular flexibility index (Phi) is 5.43. The Bertz CT molecular complexity index is 1430. The maximum atomic E-state index is 12.9. The highest BCUT2D eigenvalue weighted by Crippen LogP contribution is 2.29. The summed E-state index contributed by atoms with van der Waals surface area (Å²) < 4.78 is 5.50. The number of amides is 1. The van der Waals surface area contributed by atoms with Crippen molar-refractivity contribution in [3.05, 3.63) is 82.9 Å². The average molecular weight is 458 g/mol. The molecule has 0 atom stereocenters. The highest BCUT2D eigenvalue weighted by atomic mass is 32.2. The second-order valence-corrected chi connectivity index (χ2v) is 8.42. The van der Waals surface area contributed by atoms with Crippen molar-refractivity contribution in [1.82, 2.24) is 9.97 Å². The number of thioether (sulfide) groups is 1. The molecule has 1 aromatic heterocycles. The van der Waals surface area contributed by atoms with Crippen LogP contribution in [0.3, 0.4) is 0 Å². The molecule has 0 bridgehead atoms. The first-order valence-electron chi connectivity index (χ1n) is 10.4. The molecular formula is C25H19N3O4S. The number of ketones is 2. The minimum atomic E-state index is -0.245. The highest BCUT2D eigenvalue weighted by molar-refractivity contribution is 7.99. The molecule has 0 saturated carbocycles. The Morgan fingerprint density at radius 3 is 2.45 bits per heavy atom. The molecule has 0 fully saturated rings. The second-order valence-electron chi connectivity index (χ2n) is 7.45. The van der Waals surface area contributed by atoms with E-state index in [1.54, 1.807) is 42.5 Å². The smallest absolute Gasteiger partial charge is 0.234 e. The normalized spacial score (nSPS) is 12.4. The third-order valence-electron chi connectivity index (χ3n) is 5.29. The van der Waals surface area contributed by atoms with Crippen molar-refractivity contribution >= 4 is 46.0 Å². The number of aromatic amines is 1. The van der Waals surface area contributed by atoms with Gasteiger partial charge in [0.2, 0.25) is 5.91 Å². The summed E-state index contributed by atoms with van der Waals surface area (Å²) in [6, 6.07) is 17.1. The van der Waals surface area contributed by atoms with E-state index in [-0.39, 0.29) is 23.2 Å². The van der Waals surface area contributed by atoms with E-state index in [0.29, 0.717) is 39.7 Å². The number of carbonyl (C=O) groups excluding carboxylic acids is 3. The van der Waals surface area contributed by atoms with Crippen LogP contribution in [0.1, 0.15) is 38.8 Å². The number of H-pyrrole nitrogens is 1. The van der Waals surface area contributed by atoms with E-state index in [1.165, 1.54) is 11.8 Å². The monoisotopic (exact) mass is 457 g/mol. The summed E-state index contributed by atoms with van der Waals surface area (Å²) >= 11 is 1.27. The molecule has 0 radical (unpaired) electrons. The maximum Gasteiger partial charge on any atom is 0.234 e. The molecule has 164 valence electrons. The van der Waals surface area contributed by atoms with E-state index >= 15 is 0 Å². The van der Waals surface area contributed by atoms with Crippen LogP contribution in [-0.2, 0) is 4.79 Å². The Morgan fingerprint density at radius 2 is 1.70 bits per heavy atom. The molecule has 0 spiro atoms. The van der Waals surface area contributed by atoms with Crippen LogP contribution in [0.5, 0.6) is 5.75 Å². The summed E-state index contributed by atoms with van der Waals surface area (Å²) in [5.74, 6) is 0.229. The molecule has 7 nitrogen and oxygen atoms in total. The molecular weight excluding hydrogens is 438 g/mol. The van der Waals surface area contributed by atoms with Crippen molar-refractivity contribution in [2.75, 3.05) is 17.7 Å². The predicted octanol–water partition coefficient (Wildman–Crippen LogP) is 4.47. The molecule has 1 amide bonds. The molecule has 1 heterocycles. The van der Waals surface area contributed by atoms with Gasteiger partial charge in [0.15, 0.2) is 16.7 Å². The van der Waals surface area contributed by atoms with E-state index in [1.807, 2.05) is 25.1 Å². The Hall–Kier alpha value is -3.91. The fourth-order valence-electron chi connectivity index (χ4n) is 3.80. The van der Waals surface area contributed by atoms with Crippen molar-refractivity contribution in [3.8, 4) is 5.75 Å². The SMILES string of the molecule is CCOc1ccc2nc(SCC(=O)Nc3ccc4c(c3)C(=O)c3ccccc3C4=O)[nH]c2c1. The summed E-state index contributed by atoms with van der Waals surface area (Å²) in [7, 11) is 0. The quantitative estimate of drug-likeness (QED) is 0.365. The third-order valence-corrected chi connectivity index (χ3v) is 6.16. The fourth-order valence-corrected chi connectivity index (χ4v) is 4.48. The second kappa shape index (κ2) is 8.55. The minimum Gasteiger partial charge on any atom is -0.494 e. The molecule has 0 aliphatic heterocycles. The number of hydrogen-bond acceptors (Lipinski definition) is 6. The standard InChI is InChI=1S/C25H19N3O4S/c1-2-32-15-8-10-20-21(12-15)28-25(27-20)33-13-22(29)26-14-7-9-18-19(11-14)24(31)17-6-4-3-5-16(17)23(18)30/h3-12H,2,13H2,1H3,(H,26,29)(H,27,28). The zero-order chi connectivity index (χ0) is 22.9. The van der Waals surface area contributed by atoms with Crippen molar-refractivity contribution in [1.29, 1.82) is 0 Å². The molecule has 4 aromatic rings. The summed E-state index contributed by atoms with van der Waals surface area (Å²) in [6.07, 6.45) is 0. The predicted molar refractivity (Wildman–Crippen MR) is 126 cm³/mol. The first-order chi connectivity index (χ1) is 16.0. The van der Waals surface area contributed by atoms with E-state index < -0.39 is 0 Å². The van der Waals surface area contributed by atoms with Gasteiger partial charge in [-0.15, -0.1) is 0 Å². The third kappa shape index (κ3) is 4.01. The molecule has 0 saturated heterocycles. The largest absolute Gasteiger partial charge is 0.494 e. The van der Waals surface area contributed by atoms with Gasteiger partial charge in [0.25, 0.3) is 0 Å². The van der Waals surface area contributed by atoms with Crippen LogP contribution in [0.2, 0.25) is 0 Å². The number of ether oxygens (including phenoxy) is 1. The average Bonchev–Trinajstić information content (AvgIpc) is 3.24. The van der Waals surface area contributed by atoms with Gasteiger partial charge >= 0.3 is 0 Å². The lowest BCUT2D eigenvalue weighted by atomic mass is 9.84. The van der Waals surface area contributed by atoms with Gasteiger partial charge in [0, 0.05) is 34.0 Å². The van der Waals surface area contributed by atoms with Crippen LogP contribution in [0.25, 0.3) is 11.0 Å². The zero-order valence-electron chi connectivity index (χ0n) is 17.7.